The van der Waals surface area contributed by atoms with Crippen LogP contribution in [0.25, 0.3) is 0 Å². The number of hydrogen-bond donors (Lipinski definition) is 0. The number of hydrogen-bond acceptors (Lipinski definition) is 4. The Kier molecular flexibility index (Phi) is 4.55. The second kappa shape index (κ2) is 6.16. The second-order valence-corrected chi connectivity index (χ2v) is 4.59. The van der Waals surface area contributed by atoms with Crippen LogP contribution in [-0.2, 0) is 27.4 Å². The fourth-order valence-corrected chi connectivity index (χ4v) is 2.44. The van der Waals surface area contributed by atoms with Crippen molar-refractivity contribution in [2.75, 3.05) is 26.9 Å². The van der Waals surface area contributed by atoms with Crippen LogP contribution < -0.4 is 0 Å². The van der Waals surface area contributed by atoms with Gasteiger partial charge in [0.05, 0.1) is 24.5 Å². The Morgan fingerprint density at radius 2 is 2.32 bits per heavy atom. The highest BCUT2D eigenvalue weighted by molar-refractivity contribution is 5.78. The summed E-state index contributed by atoms with van der Waals surface area (Å²) in [7, 11) is 1.67. The summed E-state index contributed by atoms with van der Waals surface area (Å²) in [5.41, 5.74) is 1.06. The highest BCUT2D eigenvalue weighted by Crippen LogP contribution is 2.25. The van der Waals surface area contributed by atoms with Gasteiger partial charge in [-0.15, -0.1) is 0 Å². The van der Waals surface area contributed by atoms with E-state index in [9.17, 15) is 4.79 Å². The monoisotopic (exact) mass is 267 g/mol. The van der Waals surface area contributed by atoms with Crippen molar-refractivity contribution in [1.29, 1.82) is 0 Å². The summed E-state index contributed by atoms with van der Waals surface area (Å²) in [6.45, 7) is 6.58. The van der Waals surface area contributed by atoms with E-state index in [0.29, 0.717) is 19.8 Å². The Labute approximate surface area is 113 Å². The number of rotatable bonds is 5. The first-order valence-corrected chi connectivity index (χ1v) is 6.59. The molecule has 1 aliphatic rings. The molecule has 0 saturated heterocycles. The molecule has 19 heavy (non-hydrogen) atoms. The lowest BCUT2D eigenvalue weighted by molar-refractivity contribution is -0.139. The van der Waals surface area contributed by atoms with Gasteiger partial charge in [-0.3, -0.25) is 4.79 Å². The number of carbonyl (C=O) groups is 1. The van der Waals surface area contributed by atoms with Crippen LogP contribution in [-0.4, -0.2) is 47.2 Å². The number of nitrogens with zero attached hydrogens (tertiary/aromatic N) is 3. The minimum Gasteiger partial charge on any atom is -0.378 e. The summed E-state index contributed by atoms with van der Waals surface area (Å²) in [4.78, 5) is 18.3. The predicted octanol–water partition coefficient (Wildman–Crippen LogP) is 0.969. The maximum Gasteiger partial charge on any atom is 0.249 e. The third-order valence-electron chi connectivity index (χ3n) is 3.42. The first-order valence-electron chi connectivity index (χ1n) is 6.59. The van der Waals surface area contributed by atoms with Crippen LogP contribution in [0.2, 0.25) is 0 Å². The summed E-state index contributed by atoms with van der Waals surface area (Å²) in [5.74, 6) is 0.944. The number of imidazole rings is 1. The quantitative estimate of drug-likeness (QED) is 0.797. The maximum atomic E-state index is 12.0. The molecular weight excluding hydrogens is 246 g/mol. The van der Waals surface area contributed by atoms with Crippen LogP contribution in [0.1, 0.15) is 31.4 Å². The van der Waals surface area contributed by atoms with E-state index in [2.05, 4.69) is 9.55 Å². The summed E-state index contributed by atoms with van der Waals surface area (Å²) in [5, 5.41) is 0. The lowest BCUT2D eigenvalue weighted by Crippen LogP contribution is -2.43. The lowest BCUT2D eigenvalue weighted by atomic mass is 10.2. The van der Waals surface area contributed by atoms with Crippen LogP contribution in [0.3, 0.4) is 0 Å². The SMILES string of the molecule is CCOCC(=O)N1CCn2c(COC)cnc2C1C. The molecule has 1 unspecified atom stereocenters. The smallest absolute Gasteiger partial charge is 0.249 e. The Morgan fingerprint density at radius 3 is 3.00 bits per heavy atom. The van der Waals surface area contributed by atoms with Crippen LogP contribution >= 0.6 is 0 Å². The van der Waals surface area contributed by atoms with Crippen LogP contribution in [0.5, 0.6) is 0 Å². The third-order valence-corrected chi connectivity index (χ3v) is 3.42. The van der Waals surface area contributed by atoms with Gasteiger partial charge in [0.25, 0.3) is 0 Å². The molecular formula is C13H21N3O3. The van der Waals surface area contributed by atoms with E-state index >= 15 is 0 Å². The molecule has 6 nitrogen and oxygen atoms in total. The van der Waals surface area contributed by atoms with Gasteiger partial charge in [0.2, 0.25) is 5.91 Å². The molecule has 106 valence electrons. The van der Waals surface area contributed by atoms with E-state index in [-0.39, 0.29) is 18.6 Å². The van der Waals surface area contributed by atoms with Crippen molar-refractivity contribution < 1.29 is 14.3 Å². The number of aromatic nitrogens is 2. The third kappa shape index (κ3) is 2.79. The summed E-state index contributed by atoms with van der Waals surface area (Å²) >= 11 is 0. The molecule has 6 heteroatoms. The van der Waals surface area contributed by atoms with Gasteiger partial charge in [-0.2, -0.15) is 0 Å². The average molecular weight is 267 g/mol. The standard InChI is InChI=1S/C13H21N3O3/c1-4-19-9-12(17)15-5-6-16-11(8-18-3)7-14-13(16)10(15)2/h7,10H,4-6,8-9H2,1-3H3. The molecule has 1 aliphatic heterocycles. The molecule has 1 aromatic heterocycles. The Morgan fingerprint density at radius 1 is 1.53 bits per heavy atom. The predicted molar refractivity (Wildman–Crippen MR) is 69.6 cm³/mol. The normalized spacial score (nSPS) is 18.5. The van der Waals surface area contributed by atoms with Gasteiger partial charge in [-0.05, 0) is 13.8 Å². The minimum absolute atomic E-state index is 0.0210. The molecule has 1 atom stereocenters. The largest absolute Gasteiger partial charge is 0.378 e. The van der Waals surface area contributed by atoms with Crippen molar-refractivity contribution >= 4 is 5.91 Å². The van der Waals surface area contributed by atoms with Crippen molar-refractivity contribution in [3.05, 3.63) is 17.7 Å². The molecule has 0 radical (unpaired) electrons. The molecule has 2 heterocycles. The number of carbonyl (C=O) groups excluding carboxylic acids is 1. The number of ether oxygens (including phenoxy) is 2. The van der Waals surface area contributed by atoms with E-state index < -0.39 is 0 Å². The average Bonchev–Trinajstić information content (AvgIpc) is 2.81. The van der Waals surface area contributed by atoms with Gasteiger partial charge in [0, 0.05) is 26.8 Å². The zero-order chi connectivity index (χ0) is 13.8. The molecule has 0 aromatic carbocycles. The molecule has 1 aromatic rings. The van der Waals surface area contributed by atoms with Gasteiger partial charge in [-0.25, -0.2) is 4.98 Å². The number of fused-ring (bicyclic) bond motifs is 1. The van der Waals surface area contributed by atoms with Crippen LogP contribution in [0, 0.1) is 0 Å². The second-order valence-electron chi connectivity index (χ2n) is 4.59. The van der Waals surface area contributed by atoms with Crippen molar-refractivity contribution in [3.8, 4) is 0 Å². The van der Waals surface area contributed by atoms with Crippen molar-refractivity contribution in [3.63, 3.8) is 0 Å². The van der Waals surface area contributed by atoms with Gasteiger partial charge in [0.15, 0.2) is 0 Å². The molecule has 0 aliphatic carbocycles. The maximum absolute atomic E-state index is 12.0. The van der Waals surface area contributed by atoms with Gasteiger partial charge < -0.3 is 18.9 Å². The molecule has 0 spiro atoms. The molecule has 1 amide bonds. The van der Waals surface area contributed by atoms with Gasteiger partial charge in [0.1, 0.15) is 12.4 Å². The fraction of sp³-hybridized carbons (Fsp3) is 0.692. The molecule has 0 N–H and O–H groups in total. The minimum atomic E-state index is -0.0210. The first kappa shape index (κ1) is 14.0. The van der Waals surface area contributed by atoms with E-state index in [1.54, 1.807) is 7.11 Å². The topological polar surface area (TPSA) is 56.6 Å². The molecule has 2 rings (SSSR count). The molecule has 0 fully saturated rings. The van der Waals surface area contributed by atoms with E-state index in [1.165, 1.54) is 0 Å². The Bertz CT molecular complexity index is 444. The zero-order valence-electron chi connectivity index (χ0n) is 11.8. The molecule has 0 saturated carbocycles. The van der Waals surface area contributed by atoms with E-state index in [4.69, 9.17) is 9.47 Å². The lowest BCUT2D eigenvalue weighted by Gasteiger charge is -2.34. The Balaban J connectivity index is 2.11. The number of methoxy groups -OCH3 is 1. The van der Waals surface area contributed by atoms with E-state index in [0.717, 1.165) is 18.1 Å². The zero-order valence-corrected chi connectivity index (χ0v) is 11.8. The summed E-state index contributed by atoms with van der Waals surface area (Å²) in [6.07, 6.45) is 1.83. The Hall–Kier alpha value is -1.40. The first-order chi connectivity index (χ1) is 9.19. The highest BCUT2D eigenvalue weighted by atomic mass is 16.5. The van der Waals surface area contributed by atoms with Gasteiger partial charge in [-0.1, -0.05) is 0 Å². The van der Waals surface area contributed by atoms with Crippen molar-refractivity contribution in [1.82, 2.24) is 14.5 Å². The van der Waals surface area contributed by atoms with Crippen molar-refractivity contribution in [2.24, 2.45) is 0 Å². The highest BCUT2D eigenvalue weighted by Gasteiger charge is 2.29. The molecule has 0 bridgehead atoms. The van der Waals surface area contributed by atoms with Crippen molar-refractivity contribution in [2.45, 2.75) is 33.0 Å². The van der Waals surface area contributed by atoms with Crippen LogP contribution in [0.4, 0.5) is 0 Å². The van der Waals surface area contributed by atoms with E-state index in [1.807, 2.05) is 24.9 Å². The number of amides is 1. The van der Waals surface area contributed by atoms with Crippen LogP contribution in [0.15, 0.2) is 6.20 Å². The summed E-state index contributed by atoms with van der Waals surface area (Å²) < 4.78 is 12.5. The fourth-order valence-electron chi connectivity index (χ4n) is 2.44. The van der Waals surface area contributed by atoms with Gasteiger partial charge >= 0.3 is 0 Å². The summed E-state index contributed by atoms with van der Waals surface area (Å²) in [6, 6.07) is -0.0210.